The van der Waals surface area contributed by atoms with Gasteiger partial charge in [0.25, 0.3) is 0 Å². The summed E-state index contributed by atoms with van der Waals surface area (Å²) in [5.41, 5.74) is 1.35. The highest BCUT2D eigenvalue weighted by atomic mass is 16.5. The van der Waals surface area contributed by atoms with E-state index in [-0.39, 0.29) is 5.41 Å². The Morgan fingerprint density at radius 3 is 2.42 bits per heavy atom. The first-order chi connectivity index (χ1) is 8.92. The van der Waals surface area contributed by atoms with Gasteiger partial charge in [0, 0.05) is 23.9 Å². The number of nitrogens with zero attached hydrogens (tertiary/aromatic N) is 1. The van der Waals surface area contributed by atoms with Crippen LogP contribution in [0.25, 0.3) is 0 Å². The summed E-state index contributed by atoms with van der Waals surface area (Å²) in [4.78, 5) is 23.9. The molecule has 0 bridgehead atoms. The fraction of sp³-hybridized carbons (Fsp3) is 0.571. The van der Waals surface area contributed by atoms with E-state index in [2.05, 4.69) is 13.8 Å². The molecule has 0 unspecified atom stereocenters. The number of carbonyl (C=O) groups excluding carboxylic acids is 2. The van der Waals surface area contributed by atoms with Gasteiger partial charge < -0.3 is 14.0 Å². The quantitative estimate of drug-likeness (QED) is 0.769. The Kier molecular flexibility index (Phi) is 3.39. The molecular formula is C14H19NO4. The average Bonchev–Trinajstić information content (AvgIpc) is 2.77. The van der Waals surface area contributed by atoms with E-state index in [1.807, 2.05) is 4.57 Å². The molecule has 2 rings (SSSR count). The Morgan fingerprint density at radius 1 is 1.21 bits per heavy atom. The standard InChI is InChI=1S/C14H19NO4/c1-14(2)6-5-7-15-8-9(12(16)18-3)10(11(14)15)13(17)19-4/h8H,5-7H2,1-4H3. The Morgan fingerprint density at radius 2 is 1.84 bits per heavy atom. The smallest absolute Gasteiger partial charge is 0.340 e. The zero-order valence-corrected chi connectivity index (χ0v) is 11.8. The lowest BCUT2D eigenvalue weighted by molar-refractivity contribution is 0.0554. The maximum absolute atomic E-state index is 12.0. The Bertz CT molecular complexity index is 528. The number of aromatic nitrogens is 1. The summed E-state index contributed by atoms with van der Waals surface area (Å²) in [6, 6.07) is 0. The van der Waals surface area contributed by atoms with Crippen molar-refractivity contribution < 1.29 is 19.1 Å². The minimum Gasteiger partial charge on any atom is -0.465 e. The number of rotatable bonds is 2. The highest BCUT2D eigenvalue weighted by Gasteiger charge is 2.37. The third kappa shape index (κ3) is 2.13. The molecule has 0 N–H and O–H groups in total. The molecule has 1 aromatic rings. The van der Waals surface area contributed by atoms with Crippen molar-refractivity contribution in [3.05, 3.63) is 23.0 Å². The minimum atomic E-state index is -0.502. The van der Waals surface area contributed by atoms with Gasteiger partial charge >= 0.3 is 11.9 Å². The molecule has 1 aliphatic heterocycles. The van der Waals surface area contributed by atoms with Crippen LogP contribution in [0.1, 0.15) is 53.1 Å². The van der Waals surface area contributed by atoms with Crippen LogP contribution in [0.5, 0.6) is 0 Å². The molecule has 5 heteroatoms. The summed E-state index contributed by atoms with van der Waals surface area (Å²) in [6.07, 6.45) is 3.70. The summed E-state index contributed by atoms with van der Waals surface area (Å²) in [7, 11) is 2.63. The lowest BCUT2D eigenvalue weighted by atomic mass is 9.80. The van der Waals surface area contributed by atoms with Gasteiger partial charge in [0.15, 0.2) is 0 Å². The van der Waals surface area contributed by atoms with Gasteiger partial charge in [-0.3, -0.25) is 0 Å². The average molecular weight is 265 g/mol. The van der Waals surface area contributed by atoms with Crippen LogP contribution in [0.15, 0.2) is 6.20 Å². The molecule has 0 aromatic carbocycles. The molecule has 1 aliphatic rings. The predicted molar refractivity (Wildman–Crippen MR) is 69.4 cm³/mol. The van der Waals surface area contributed by atoms with E-state index < -0.39 is 11.9 Å². The van der Waals surface area contributed by atoms with Gasteiger partial charge in [-0.25, -0.2) is 9.59 Å². The van der Waals surface area contributed by atoms with Crippen LogP contribution in [-0.4, -0.2) is 30.7 Å². The summed E-state index contributed by atoms with van der Waals surface area (Å²) >= 11 is 0. The highest BCUT2D eigenvalue weighted by molar-refractivity contribution is 6.04. The lowest BCUT2D eigenvalue weighted by Crippen LogP contribution is -2.29. The van der Waals surface area contributed by atoms with Crippen molar-refractivity contribution >= 4 is 11.9 Å². The molecule has 104 valence electrons. The van der Waals surface area contributed by atoms with Crippen LogP contribution >= 0.6 is 0 Å². The minimum absolute atomic E-state index is 0.159. The molecule has 5 nitrogen and oxygen atoms in total. The van der Waals surface area contributed by atoms with Gasteiger partial charge in [0.05, 0.1) is 25.3 Å². The molecule has 0 amide bonds. The number of methoxy groups -OCH3 is 2. The summed E-state index contributed by atoms with van der Waals surface area (Å²) < 4.78 is 11.6. The van der Waals surface area contributed by atoms with Crippen LogP contribution in [0.2, 0.25) is 0 Å². The zero-order chi connectivity index (χ0) is 14.2. The largest absolute Gasteiger partial charge is 0.465 e. The SMILES string of the molecule is COC(=O)c1cn2c(c1C(=O)OC)C(C)(C)CCC2. The lowest BCUT2D eigenvalue weighted by Gasteiger charge is -2.32. The number of fused-ring (bicyclic) bond motifs is 1. The second-order valence-corrected chi connectivity index (χ2v) is 5.43. The Hall–Kier alpha value is -1.78. The van der Waals surface area contributed by atoms with Crippen LogP contribution in [-0.2, 0) is 21.4 Å². The van der Waals surface area contributed by atoms with E-state index in [1.165, 1.54) is 14.2 Å². The first-order valence-electron chi connectivity index (χ1n) is 6.32. The van der Waals surface area contributed by atoms with E-state index in [9.17, 15) is 9.59 Å². The second kappa shape index (κ2) is 4.72. The van der Waals surface area contributed by atoms with Crippen molar-refractivity contribution in [3.8, 4) is 0 Å². The number of esters is 2. The Balaban J connectivity index is 2.68. The first kappa shape index (κ1) is 13.6. The van der Waals surface area contributed by atoms with Gasteiger partial charge in [0.2, 0.25) is 0 Å². The molecule has 0 radical (unpaired) electrons. The van der Waals surface area contributed by atoms with Crippen molar-refractivity contribution in [3.63, 3.8) is 0 Å². The van der Waals surface area contributed by atoms with Gasteiger partial charge in [-0.15, -0.1) is 0 Å². The van der Waals surface area contributed by atoms with Gasteiger partial charge in [-0.05, 0) is 12.8 Å². The normalized spacial score (nSPS) is 16.6. The fourth-order valence-corrected chi connectivity index (χ4v) is 2.84. The van der Waals surface area contributed by atoms with E-state index in [0.29, 0.717) is 11.1 Å². The van der Waals surface area contributed by atoms with Crippen LogP contribution in [0.4, 0.5) is 0 Å². The van der Waals surface area contributed by atoms with Crippen molar-refractivity contribution in [2.75, 3.05) is 14.2 Å². The predicted octanol–water partition coefficient (Wildman–Crippen LogP) is 2.13. The van der Waals surface area contributed by atoms with Crippen LogP contribution < -0.4 is 0 Å². The molecule has 0 aliphatic carbocycles. The van der Waals surface area contributed by atoms with Gasteiger partial charge in [-0.2, -0.15) is 0 Å². The third-order valence-corrected chi connectivity index (χ3v) is 3.71. The van der Waals surface area contributed by atoms with Crippen LogP contribution in [0.3, 0.4) is 0 Å². The molecule has 0 atom stereocenters. The summed E-state index contributed by atoms with van der Waals surface area (Å²) in [5.74, 6) is -0.984. The van der Waals surface area contributed by atoms with E-state index in [1.54, 1.807) is 6.20 Å². The maximum Gasteiger partial charge on any atom is 0.340 e. The molecule has 1 aromatic heterocycles. The monoisotopic (exact) mass is 265 g/mol. The topological polar surface area (TPSA) is 57.5 Å². The van der Waals surface area contributed by atoms with Crippen molar-refractivity contribution in [1.29, 1.82) is 0 Å². The highest BCUT2D eigenvalue weighted by Crippen LogP contribution is 2.38. The second-order valence-electron chi connectivity index (χ2n) is 5.43. The number of ether oxygens (including phenoxy) is 2. The molecule has 0 fully saturated rings. The van der Waals surface area contributed by atoms with Gasteiger partial charge in [0.1, 0.15) is 0 Å². The summed E-state index contributed by atoms with van der Waals surface area (Å²) in [6.45, 7) is 4.96. The van der Waals surface area contributed by atoms with E-state index in [0.717, 1.165) is 25.1 Å². The van der Waals surface area contributed by atoms with Crippen LogP contribution in [0, 0.1) is 0 Å². The number of hydrogen-bond donors (Lipinski definition) is 0. The van der Waals surface area contributed by atoms with Crippen molar-refractivity contribution in [2.24, 2.45) is 0 Å². The number of hydrogen-bond acceptors (Lipinski definition) is 4. The number of carbonyl (C=O) groups is 2. The van der Waals surface area contributed by atoms with E-state index in [4.69, 9.17) is 9.47 Å². The first-order valence-corrected chi connectivity index (χ1v) is 6.32. The summed E-state index contributed by atoms with van der Waals surface area (Å²) in [5, 5.41) is 0. The molecule has 19 heavy (non-hydrogen) atoms. The van der Waals surface area contributed by atoms with E-state index >= 15 is 0 Å². The number of aryl methyl sites for hydroxylation is 1. The van der Waals surface area contributed by atoms with Gasteiger partial charge in [-0.1, -0.05) is 13.8 Å². The molecular weight excluding hydrogens is 246 g/mol. The molecule has 0 saturated heterocycles. The van der Waals surface area contributed by atoms with Crippen molar-refractivity contribution in [2.45, 2.75) is 38.6 Å². The maximum atomic E-state index is 12.0. The fourth-order valence-electron chi connectivity index (χ4n) is 2.84. The zero-order valence-electron chi connectivity index (χ0n) is 11.8. The molecule has 2 heterocycles. The van der Waals surface area contributed by atoms with Crippen molar-refractivity contribution in [1.82, 2.24) is 4.57 Å². The molecule has 0 saturated carbocycles. The Labute approximate surface area is 112 Å². The molecule has 0 spiro atoms. The third-order valence-electron chi connectivity index (χ3n) is 3.71.